The monoisotopic (exact) mass is 588 g/mol. The van der Waals surface area contributed by atoms with Crippen LogP contribution in [0.5, 0.6) is 5.75 Å². The highest BCUT2D eigenvalue weighted by Gasteiger charge is 2.20. The summed E-state index contributed by atoms with van der Waals surface area (Å²) in [5, 5.41) is 14.0. The summed E-state index contributed by atoms with van der Waals surface area (Å²) in [7, 11) is 1.63. The molecule has 1 heterocycles. The summed E-state index contributed by atoms with van der Waals surface area (Å²) in [5.41, 5.74) is 8.97. The number of amides is 1. The van der Waals surface area contributed by atoms with Crippen LogP contribution < -0.4 is 10.1 Å². The number of fused-ring (bicyclic) bond motifs is 1. The molecule has 0 aliphatic heterocycles. The average molecular weight is 589 g/mol. The van der Waals surface area contributed by atoms with Crippen molar-refractivity contribution in [3.8, 4) is 16.9 Å². The molecular formula is C38H40N2O4. The summed E-state index contributed by atoms with van der Waals surface area (Å²) in [4.78, 5) is 25.2. The number of aromatic nitrogens is 1. The number of carbonyl (C=O) groups excluding carboxylic acids is 1. The summed E-state index contributed by atoms with van der Waals surface area (Å²) < 4.78 is 7.51. The molecular weight excluding hydrogens is 548 g/mol. The Balaban J connectivity index is 1.38. The van der Waals surface area contributed by atoms with Crippen LogP contribution in [-0.2, 0) is 12.0 Å². The Bertz CT molecular complexity index is 1840. The van der Waals surface area contributed by atoms with Crippen LogP contribution in [-0.4, -0.2) is 28.7 Å². The third-order valence-electron chi connectivity index (χ3n) is 8.59. The average Bonchev–Trinajstić information content (AvgIpc) is 3.24. The normalized spacial score (nSPS) is 12.2. The van der Waals surface area contributed by atoms with Crippen LogP contribution in [0.3, 0.4) is 0 Å². The molecule has 0 bridgehead atoms. The number of hydrogen-bond donors (Lipinski definition) is 2. The molecule has 0 aliphatic carbocycles. The van der Waals surface area contributed by atoms with Crippen LogP contribution in [0, 0.1) is 13.8 Å². The number of carbonyl (C=O) groups is 2. The Morgan fingerprint density at radius 2 is 1.59 bits per heavy atom. The third kappa shape index (κ3) is 6.11. The van der Waals surface area contributed by atoms with Crippen molar-refractivity contribution >= 4 is 22.8 Å². The van der Waals surface area contributed by atoms with Crippen molar-refractivity contribution in [1.82, 2.24) is 9.88 Å². The van der Waals surface area contributed by atoms with Crippen molar-refractivity contribution in [2.24, 2.45) is 0 Å². The summed E-state index contributed by atoms with van der Waals surface area (Å²) in [6, 6.07) is 27.2. The fourth-order valence-corrected chi connectivity index (χ4v) is 5.66. The second-order valence-corrected chi connectivity index (χ2v) is 12.5. The molecule has 0 saturated heterocycles. The summed E-state index contributed by atoms with van der Waals surface area (Å²) in [6.45, 7) is 13.2. The highest BCUT2D eigenvalue weighted by Crippen LogP contribution is 2.32. The van der Waals surface area contributed by atoms with Crippen LogP contribution in [0.15, 0.2) is 84.9 Å². The number of nitrogens with zero attached hydrogens (tertiary/aromatic N) is 1. The maximum atomic E-state index is 13.2. The van der Waals surface area contributed by atoms with Gasteiger partial charge in [0.25, 0.3) is 5.91 Å². The molecule has 1 unspecified atom stereocenters. The third-order valence-corrected chi connectivity index (χ3v) is 8.59. The van der Waals surface area contributed by atoms with Crippen molar-refractivity contribution in [2.45, 2.75) is 59.5 Å². The first-order valence-corrected chi connectivity index (χ1v) is 14.9. The number of rotatable bonds is 8. The minimum Gasteiger partial charge on any atom is -0.497 e. The number of aromatic carboxylic acids is 1. The van der Waals surface area contributed by atoms with Gasteiger partial charge in [-0.05, 0) is 102 Å². The topological polar surface area (TPSA) is 80.6 Å². The van der Waals surface area contributed by atoms with Crippen molar-refractivity contribution in [2.75, 3.05) is 7.11 Å². The van der Waals surface area contributed by atoms with Gasteiger partial charge >= 0.3 is 5.97 Å². The minimum atomic E-state index is -0.933. The fraction of sp³-hybridized carbons (Fsp3) is 0.263. The predicted molar refractivity (Wildman–Crippen MR) is 177 cm³/mol. The molecule has 6 heteroatoms. The number of aryl methyl sites for hydroxylation is 1. The number of methoxy groups -OCH3 is 1. The fourth-order valence-electron chi connectivity index (χ4n) is 5.66. The molecule has 1 amide bonds. The van der Waals surface area contributed by atoms with Gasteiger partial charge in [-0.25, -0.2) is 4.79 Å². The van der Waals surface area contributed by atoms with E-state index in [-0.39, 0.29) is 17.4 Å². The molecule has 0 saturated carbocycles. The van der Waals surface area contributed by atoms with Gasteiger partial charge in [-0.15, -0.1) is 0 Å². The van der Waals surface area contributed by atoms with Crippen LogP contribution in [0.4, 0.5) is 0 Å². The van der Waals surface area contributed by atoms with Crippen molar-refractivity contribution < 1.29 is 19.4 Å². The van der Waals surface area contributed by atoms with Gasteiger partial charge in [-0.2, -0.15) is 0 Å². The number of carboxylic acids is 1. The molecule has 5 rings (SSSR count). The number of ether oxygens (including phenoxy) is 1. The van der Waals surface area contributed by atoms with Crippen LogP contribution in [0.2, 0.25) is 0 Å². The van der Waals surface area contributed by atoms with E-state index in [2.05, 4.69) is 56.6 Å². The minimum absolute atomic E-state index is 0.0914. The van der Waals surface area contributed by atoms with Gasteiger partial charge < -0.3 is 19.7 Å². The largest absolute Gasteiger partial charge is 0.497 e. The van der Waals surface area contributed by atoms with Crippen LogP contribution in [0.1, 0.15) is 82.4 Å². The Labute approximate surface area is 259 Å². The quantitative estimate of drug-likeness (QED) is 0.191. The zero-order valence-electron chi connectivity index (χ0n) is 26.5. The summed E-state index contributed by atoms with van der Waals surface area (Å²) >= 11 is 0. The lowest BCUT2D eigenvalue weighted by Crippen LogP contribution is -2.26. The molecule has 6 nitrogen and oxygen atoms in total. The van der Waals surface area contributed by atoms with Gasteiger partial charge in [0.2, 0.25) is 0 Å². The van der Waals surface area contributed by atoms with E-state index in [0.29, 0.717) is 17.7 Å². The first-order valence-electron chi connectivity index (χ1n) is 14.9. The highest BCUT2D eigenvalue weighted by molar-refractivity contribution is 5.99. The molecule has 4 aromatic carbocycles. The van der Waals surface area contributed by atoms with Crippen LogP contribution >= 0.6 is 0 Å². The standard InChI is InChI=1S/C38H40N2O4/c1-23-25(3)40(22-26-8-10-28(11-9-26)34-21-30(38(4,5)6)15-18-32(34)37(42)43)35-19-14-29(20-33(23)35)36(41)39-24(2)27-12-16-31(44-7)17-13-27/h8-21,24H,22H2,1-7H3,(H,39,41)(H,42,43). The van der Waals surface area contributed by atoms with Crippen molar-refractivity contribution in [1.29, 1.82) is 0 Å². The van der Waals surface area contributed by atoms with Gasteiger partial charge in [0.05, 0.1) is 18.7 Å². The molecule has 226 valence electrons. The van der Waals surface area contributed by atoms with E-state index in [1.165, 1.54) is 0 Å². The Morgan fingerprint density at radius 1 is 0.909 bits per heavy atom. The zero-order valence-corrected chi connectivity index (χ0v) is 26.5. The zero-order chi connectivity index (χ0) is 31.8. The van der Waals surface area contributed by atoms with Crippen molar-refractivity contribution in [3.63, 3.8) is 0 Å². The molecule has 2 N–H and O–H groups in total. The van der Waals surface area contributed by atoms with E-state index in [1.54, 1.807) is 13.2 Å². The second kappa shape index (κ2) is 12.0. The van der Waals surface area contributed by atoms with Gasteiger partial charge in [-0.1, -0.05) is 63.2 Å². The van der Waals surface area contributed by atoms with Crippen molar-refractivity contribution in [3.05, 3.63) is 124 Å². The lowest BCUT2D eigenvalue weighted by atomic mass is 9.84. The number of hydrogen-bond acceptors (Lipinski definition) is 3. The van der Waals surface area contributed by atoms with E-state index in [0.717, 1.165) is 55.7 Å². The maximum absolute atomic E-state index is 13.2. The molecule has 44 heavy (non-hydrogen) atoms. The Kier molecular flexibility index (Phi) is 8.38. The lowest BCUT2D eigenvalue weighted by Gasteiger charge is -2.21. The SMILES string of the molecule is COc1ccc(C(C)NC(=O)c2ccc3c(c2)c(C)c(C)n3Cc2ccc(-c3cc(C(C)(C)C)ccc3C(=O)O)cc2)cc1. The maximum Gasteiger partial charge on any atom is 0.336 e. The van der Waals surface area contributed by atoms with E-state index in [4.69, 9.17) is 4.74 Å². The van der Waals surface area contributed by atoms with Crippen LogP contribution in [0.25, 0.3) is 22.0 Å². The Hall–Kier alpha value is -4.84. The number of benzene rings is 4. The number of nitrogens with one attached hydrogen (secondary N) is 1. The summed E-state index contributed by atoms with van der Waals surface area (Å²) in [6.07, 6.45) is 0. The van der Waals surface area contributed by atoms with Gasteiger partial charge in [0.1, 0.15) is 5.75 Å². The van der Waals surface area contributed by atoms with Gasteiger partial charge in [0, 0.05) is 28.7 Å². The molecule has 0 spiro atoms. The molecule has 0 fully saturated rings. The summed E-state index contributed by atoms with van der Waals surface area (Å²) in [5.74, 6) is -0.271. The molecule has 1 atom stereocenters. The molecule has 0 aliphatic rings. The van der Waals surface area contributed by atoms with Gasteiger partial charge in [0.15, 0.2) is 0 Å². The first kappa shape index (κ1) is 30.6. The van der Waals surface area contributed by atoms with E-state index in [1.807, 2.05) is 73.7 Å². The lowest BCUT2D eigenvalue weighted by molar-refractivity contribution is 0.0697. The van der Waals surface area contributed by atoms with E-state index >= 15 is 0 Å². The molecule has 0 radical (unpaired) electrons. The smallest absolute Gasteiger partial charge is 0.336 e. The predicted octanol–water partition coefficient (Wildman–Crippen LogP) is 8.47. The number of carboxylic acid groups (broad SMARTS) is 1. The first-order chi connectivity index (χ1) is 20.9. The van der Waals surface area contributed by atoms with Gasteiger partial charge in [-0.3, -0.25) is 4.79 Å². The highest BCUT2D eigenvalue weighted by atomic mass is 16.5. The second-order valence-electron chi connectivity index (χ2n) is 12.5. The van der Waals surface area contributed by atoms with E-state index in [9.17, 15) is 14.7 Å². The van der Waals surface area contributed by atoms with E-state index < -0.39 is 5.97 Å². The molecule has 5 aromatic rings. The molecule has 1 aromatic heterocycles. The Morgan fingerprint density at radius 3 is 2.20 bits per heavy atom.